The third-order valence-corrected chi connectivity index (χ3v) is 4.42. The van der Waals surface area contributed by atoms with Crippen LogP contribution in [0, 0.1) is 19.3 Å². The fraction of sp³-hybridized carbons (Fsp3) is 0.400. The van der Waals surface area contributed by atoms with Gasteiger partial charge in [0.15, 0.2) is 5.96 Å². The van der Waals surface area contributed by atoms with E-state index in [1.807, 2.05) is 19.1 Å². The summed E-state index contributed by atoms with van der Waals surface area (Å²) >= 11 is 1.68. The second-order valence-electron chi connectivity index (χ2n) is 5.68. The first kappa shape index (κ1) is 23.2. The van der Waals surface area contributed by atoms with E-state index in [0.29, 0.717) is 6.61 Å². The maximum absolute atomic E-state index is 5.38. The second kappa shape index (κ2) is 13.4. The van der Waals surface area contributed by atoms with Gasteiger partial charge < -0.3 is 15.4 Å². The number of rotatable bonds is 9. The van der Waals surface area contributed by atoms with E-state index in [2.05, 4.69) is 51.0 Å². The molecule has 7 heteroatoms. The quantitative estimate of drug-likeness (QED) is 0.241. The van der Waals surface area contributed by atoms with Crippen molar-refractivity contribution in [2.24, 2.45) is 4.99 Å². The van der Waals surface area contributed by atoms with Crippen LogP contribution in [0.3, 0.4) is 0 Å². The number of ether oxygens (including phenoxy) is 1. The van der Waals surface area contributed by atoms with Crippen molar-refractivity contribution in [3.8, 4) is 18.1 Å². The molecule has 0 aliphatic rings. The van der Waals surface area contributed by atoms with E-state index in [9.17, 15) is 0 Å². The van der Waals surface area contributed by atoms with Crippen molar-refractivity contribution in [1.29, 1.82) is 0 Å². The molecule has 1 aromatic carbocycles. The summed E-state index contributed by atoms with van der Waals surface area (Å²) < 4.78 is 5.38. The van der Waals surface area contributed by atoms with Crippen LogP contribution >= 0.6 is 35.3 Å². The minimum Gasteiger partial charge on any atom is -0.481 e. The number of hydrogen-bond acceptors (Lipinski definition) is 4. The Hall–Kier alpha value is -1.79. The topological polar surface area (TPSA) is 58.5 Å². The summed E-state index contributed by atoms with van der Waals surface area (Å²) in [6.07, 6.45) is 6.96. The highest BCUT2D eigenvalue weighted by Crippen LogP contribution is 2.12. The highest BCUT2D eigenvalue weighted by atomic mass is 127. The lowest BCUT2D eigenvalue weighted by atomic mass is 10.1. The van der Waals surface area contributed by atoms with E-state index in [1.165, 1.54) is 5.56 Å². The Labute approximate surface area is 183 Å². The first-order valence-corrected chi connectivity index (χ1v) is 9.67. The third-order valence-electron chi connectivity index (χ3n) is 3.60. The standard InChI is InChI=1S/C20H26N4OS.HI/c1-4-14-25-19-8-6-17(7-9-19)10-12-22-20(21-5-2)23-13-11-18-15-26-16(3)24-18;/h1,6-9,15H,5,10-14H2,2-3H3,(H2,21,22,23);1H. The number of aryl methyl sites for hydroxylation is 1. The monoisotopic (exact) mass is 498 g/mol. The van der Waals surface area contributed by atoms with Crippen molar-refractivity contribution in [2.75, 3.05) is 26.2 Å². The van der Waals surface area contributed by atoms with Gasteiger partial charge in [-0.1, -0.05) is 18.1 Å². The lowest BCUT2D eigenvalue weighted by Crippen LogP contribution is -2.38. The number of thiazole rings is 1. The minimum atomic E-state index is 0. The smallest absolute Gasteiger partial charge is 0.191 e. The van der Waals surface area contributed by atoms with Crippen LogP contribution < -0.4 is 15.4 Å². The summed E-state index contributed by atoms with van der Waals surface area (Å²) in [5.74, 6) is 4.10. The largest absolute Gasteiger partial charge is 0.481 e. The molecule has 0 radical (unpaired) electrons. The predicted octanol–water partition coefficient (Wildman–Crippen LogP) is 3.42. The maximum atomic E-state index is 5.38. The first-order chi connectivity index (χ1) is 12.7. The van der Waals surface area contributed by atoms with E-state index in [1.54, 1.807) is 11.3 Å². The molecule has 2 aromatic rings. The number of aliphatic imine (C=N–C) groups is 1. The van der Waals surface area contributed by atoms with Gasteiger partial charge in [0.2, 0.25) is 0 Å². The molecule has 0 saturated carbocycles. The summed E-state index contributed by atoms with van der Waals surface area (Å²) in [5.41, 5.74) is 2.35. The second-order valence-corrected chi connectivity index (χ2v) is 6.74. The van der Waals surface area contributed by atoms with Crippen LogP contribution in [0.25, 0.3) is 0 Å². The Morgan fingerprint density at radius 1 is 1.26 bits per heavy atom. The van der Waals surface area contributed by atoms with Crippen molar-refractivity contribution < 1.29 is 4.74 Å². The minimum absolute atomic E-state index is 0. The molecule has 0 aliphatic heterocycles. The summed E-state index contributed by atoms with van der Waals surface area (Å²) in [6, 6.07) is 8.01. The van der Waals surface area contributed by atoms with Crippen molar-refractivity contribution in [2.45, 2.75) is 26.7 Å². The van der Waals surface area contributed by atoms with Gasteiger partial charge in [0, 0.05) is 31.4 Å². The predicted molar refractivity (Wildman–Crippen MR) is 124 cm³/mol. The molecule has 0 fully saturated rings. The van der Waals surface area contributed by atoms with E-state index < -0.39 is 0 Å². The number of terminal acetylenes is 1. The Kier molecular flexibility index (Phi) is 11.5. The Morgan fingerprint density at radius 3 is 2.67 bits per heavy atom. The first-order valence-electron chi connectivity index (χ1n) is 8.79. The zero-order valence-corrected chi connectivity index (χ0v) is 19.0. The van der Waals surface area contributed by atoms with Crippen molar-refractivity contribution in [3.63, 3.8) is 0 Å². The lowest BCUT2D eigenvalue weighted by molar-refractivity contribution is 0.370. The number of benzene rings is 1. The molecule has 0 atom stereocenters. The molecule has 0 bridgehead atoms. The summed E-state index contributed by atoms with van der Waals surface area (Å²) in [5, 5.41) is 9.85. The molecule has 0 amide bonds. The number of halogens is 1. The Balaban J connectivity index is 0.00000364. The zero-order chi connectivity index (χ0) is 18.6. The van der Waals surface area contributed by atoms with Crippen LogP contribution in [0.1, 0.15) is 23.2 Å². The summed E-state index contributed by atoms with van der Waals surface area (Å²) in [4.78, 5) is 9.09. The van der Waals surface area contributed by atoms with Crippen LogP contribution in [0.4, 0.5) is 0 Å². The molecule has 146 valence electrons. The molecular formula is C20H27IN4OS. The number of aromatic nitrogens is 1. The Bertz CT molecular complexity index is 737. The van der Waals surface area contributed by atoms with E-state index in [-0.39, 0.29) is 24.0 Å². The van der Waals surface area contributed by atoms with Gasteiger partial charge in [-0.25, -0.2) is 4.98 Å². The van der Waals surface area contributed by atoms with Crippen molar-refractivity contribution >= 4 is 41.3 Å². The molecule has 0 unspecified atom stereocenters. The third kappa shape index (κ3) is 9.11. The van der Waals surface area contributed by atoms with E-state index in [4.69, 9.17) is 11.2 Å². The van der Waals surface area contributed by atoms with Crippen LogP contribution in [-0.4, -0.2) is 37.2 Å². The van der Waals surface area contributed by atoms with Gasteiger partial charge in [-0.15, -0.1) is 41.7 Å². The lowest BCUT2D eigenvalue weighted by Gasteiger charge is -2.11. The fourth-order valence-electron chi connectivity index (χ4n) is 2.35. The molecule has 2 rings (SSSR count). The summed E-state index contributed by atoms with van der Waals surface area (Å²) in [6.45, 7) is 6.76. The average Bonchev–Trinajstić information content (AvgIpc) is 3.06. The van der Waals surface area contributed by atoms with Crippen LogP contribution in [0.2, 0.25) is 0 Å². The normalized spacial score (nSPS) is 10.6. The number of nitrogens with one attached hydrogen (secondary N) is 2. The zero-order valence-electron chi connectivity index (χ0n) is 15.8. The van der Waals surface area contributed by atoms with Crippen LogP contribution in [-0.2, 0) is 12.8 Å². The molecule has 2 N–H and O–H groups in total. The molecule has 0 spiro atoms. The van der Waals surface area contributed by atoms with Gasteiger partial charge in [-0.3, -0.25) is 4.99 Å². The highest BCUT2D eigenvalue weighted by Gasteiger charge is 2.01. The van der Waals surface area contributed by atoms with Gasteiger partial charge >= 0.3 is 0 Å². The van der Waals surface area contributed by atoms with Crippen LogP contribution in [0.5, 0.6) is 5.75 Å². The SMILES string of the molecule is C#CCOc1ccc(CCNC(=NCCc2csc(C)n2)NCC)cc1.I. The molecule has 1 heterocycles. The maximum Gasteiger partial charge on any atom is 0.191 e. The summed E-state index contributed by atoms with van der Waals surface area (Å²) in [7, 11) is 0. The number of hydrogen-bond donors (Lipinski definition) is 2. The van der Waals surface area contributed by atoms with Crippen LogP contribution in [0.15, 0.2) is 34.6 Å². The van der Waals surface area contributed by atoms with Crippen molar-refractivity contribution in [3.05, 3.63) is 45.9 Å². The van der Waals surface area contributed by atoms with Gasteiger partial charge in [-0.05, 0) is 38.0 Å². The van der Waals surface area contributed by atoms with E-state index in [0.717, 1.165) is 54.9 Å². The number of nitrogens with zero attached hydrogens (tertiary/aromatic N) is 2. The molecule has 1 aromatic heterocycles. The molecule has 5 nitrogen and oxygen atoms in total. The van der Waals surface area contributed by atoms with E-state index >= 15 is 0 Å². The molecule has 27 heavy (non-hydrogen) atoms. The molecule has 0 saturated heterocycles. The molecule has 0 aliphatic carbocycles. The van der Waals surface area contributed by atoms with Gasteiger partial charge in [0.25, 0.3) is 0 Å². The van der Waals surface area contributed by atoms with Gasteiger partial charge in [0.1, 0.15) is 12.4 Å². The number of guanidine groups is 1. The highest BCUT2D eigenvalue weighted by molar-refractivity contribution is 14.0. The Morgan fingerprint density at radius 2 is 2.04 bits per heavy atom. The average molecular weight is 498 g/mol. The van der Waals surface area contributed by atoms with Gasteiger partial charge in [0.05, 0.1) is 10.7 Å². The molecular weight excluding hydrogens is 471 g/mol. The fourth-order valence-corrected chi connectivity index (χ4v) is 3.00. The van der Waals surface area contributed by atoms with Gasteiger partial charge in [-0.2, -0.15) is 0 Å². The van der Waals surface area contributed by atoms with Crippen molar-refractivity contribution in [1.82, 2.24) is 15.6 Å².